The molecule has 3 aliphatic carbocycles. The maximum Gasteiger partial charge on any atom is 0.112 e. The van der Waals surface area contributed by atoms with Crippen LogP contribution in [-0.2, 0) is 0 Å². The molecule has 0 bridgehead atoms. The second kappa shape index (κ2) is 9.25. The molecular weight excluding hydrogens is 374 g/mol. The molecule has 0 aromatic carbocycles. The van der Waals surface area contributed by atoms with Crippen LogP contribution in [0.4, 0.5) is 0 Å². The molecule has 0 radical (unpaired) electrons. The van der Waals surface area contributed by atoms with Gasteiger partial charge in [0.1, 0.15) is 5.41 Å². The van der Waals surface area contributed by atoms with Crippen LogP contribution in [0.5, 0.6) is 0 Å². The van der Waals surface area contributed by atoms with Crippen LogP contribution in [-0.4, -0.2) is 0 Å². The fourth-order valence-corrected chi connectivity index (χ4v) is 6.21. The van der Waals surface area contributed by atoms with Gasteiger partial charge in [-0.05, 0) is 92.6 Å². The number of hydrogen-bond acceptors (Lipinski definition) is 1. The van der Waals surface area contributed by atoms with Gasteiger partial charge in [0.25, 0.3) is 0 Å². The van der Waals surface area contributed by atoms with Crippen LogP contribution < -0.4 is 0 Å². The maximum absolute atomic E-state index is 9.21. The lowest BCUT2D eigenvalue weighted by atomic mass is 9.62. The lowest BCUT2D eigenvalue weighted by molar-refractivity contribution is 0.218. The summed E-state index contributed by atoms with van der Waals surface area (Å²) in [5, 5.41) is 9.21. The molecule has 31 heavy (non-hydrogen) atoms. The number of fused-ring (bicyclic) bond motifs is 1. The maximum atomic E-state index is 9.21. The molecule has 5 unspecified atom stereocenters. The van der Waals surface area contributed by atoms with Crippen molar-refractivity contribution in [3.63, 3.8) is 0 Å². The summed E-state index contributed by atoms with van der Waals surface area (Å²) in [4.78, 5) is 0. The van der Waals surface area contributed by atoms with E-state index in [1.54, 1.807) is 11.1 Å². The number of rotatable bonds is 3. The molecule has 1 nitrogen and oxygen atoms in total. The van der Waals surface area contributed by atoms with Crippen LogP contribution in [0.15, 0.2) is 47.1 Å². The van der Waals surface area contributed by atoms with Crippen LogP contribution in [0.3, 0.4) is 0 Å². The first-order valence-electron chi connectivity index (χ1n) is 12.3. The molecule has 0 saturated heterocycles. The quantitative estimate of drug-likeness (QED) is 0.337. The Morgan fingerprint density at radius 2 is 2.06 bits per heavy atom. The van der Waals surface area contributed by atoms with Crippen LogP contribution in [0.1, 0.15) is 86.5 Å². The van der Waals surface area contributed by atoms with Gasteiger partial charge >= 0.3 is 0 Å². The van der Waals surface area contributed by atoms with Crippen molar-refractivity contribution in [2.45, 2.75) is 86.5 Å². The molecule has 0 N–H and O–H groups in total. The van der Waals surface area contributed by atoms with E-state index in [0.29, 0.717) is 17.8 Å². The molecule has 0 aromatic rings. The van der Waals surface area contributed by atoms with Crippen molar-refractivity contribution in [2.24, 2.45) is 34.5 Å². The highest BCUT2D eigenvalue weighted by atomic mass is 14.5. The van der Waals surface area contributed by atoms with E-state index in [-0.39, 0.29) is 5.41 Å². The number of nitriles is 1. The lowest BCUT2D eigenvalue weighted by Gasteiger charge is -2.42. The molecular formula is C30H41N. The Kier molecular flexibility index (Phi) is 7.06. The SMILES string of the molecule is C=C1/C(=C\C=C2/CCCC3(C)C(C(C)CC#CC(C)(C)C#N)=CCC23)CC(C)CC1C. The fraction of sp³-hybridized carbons (Fsp3) is 0.633. The van der Waals surface area contributed by atoms with Crippen molar-refractivity contribution in [3.8, 4) is 17.9 Å². The predicted octanol–water partition coefficient (Wildman–Crippen LogP) is 8.18. The van der Waals surface area contributed by atoms with Crippen molar-refractivity contribution in [2.75, 3.05) is 0 Å². The van der Waals surface area contributed by atoms with E-state index in [2.05, 4.69) is 70.4 Å². The average Bonchev–Trinajstić information content (AvgIpc) is 3.07. The summed E-state index contributed by atoms with van der Waals surface area (Å²) in [6.45, 7) is 17.7. The Morgan fingerprint density at radius 1 is 1.32 bits per heavy atom. The molecule has 2 fully saturated rings. The summed E-state index contributed by atoms with van der Waals surface area (Å²) >= 11 is 0. The molecule has 0 spiro atoms. The number of nitrogens with zero attached hydrogens (tertiary/aromatic N) is 1. The van der Waals surface area contributed by atoms with Gasteiger partial charge in [0.05, 0.1) is 6.07 Å². The monoisotopic (exact) mass is 415 g/mol. The first-order valence-corrected chi connectivity index (χ1v) is 12.3. The third-order valence-corrected chi connectivity index (χ3v) is 8.06. The molecule has 3 aliphatic rings. The van der Waals surface area contributed by atoms with E-state index in [4.69, 9.17) is 0 Å². The Balaban J connectivity index is 1.76. The highest BCUT2D eigenvalue weighted by Gasteiger charge is 2.45. The van der Waals surface area contributed by atoms with E-state index < -0.39 is 5.41 Å². The highest BCUT2D eigenvalue weighted by Crippen LogP contribution is 2.56. The molecule has 0 aliphatic heterocycles. The van der Waals surface area contributed by atoms with Gasteiger partial charge < -0.3 is 0 Å². The van der Waals surface area contributed by atoms with E-state index in [0.717, 1.165) is 18.8 Å². The molecule has 0 aromatic heterocycles. The Labute approximate surface area is 191 Å². The van der Waals surface area contributed by atoms with Crippen LogP contribution in [0.25, 0.3) is 0 Å². The Hall–Kier alpha value is -1.99. The van der Waals surface area contributed by atoms with E-state index in [1.807, 2.05) is 13.8 Å². The summed E-state index contributed by atoms with van der Waals surface area (Å²) in [6.07, 6.45) is 15.6. The van der Waals surface area contributed by atoms with Crippen LogP contribution in [0.2, 0.25) is 0 Å². The molecule has 2 saturated carbocycles. The van der Waals surface area contributed by atoms with Gasteiger partial charge in [-0.15, -0.1) is 5.92 Å². The number of allylic oxidation sites excluding steroid dienone is 7. The lowest BCUT2D eigenvalue weighted by Crippen LogP contribution is -2.32. The molecule has 166 valence electrons. The van der Waals surface area contributed by atoms with Crippen LogP contribution >= 0.6 is 0 Å². The Morgan fingerprint density at radius 3 is 2.77 bits per heavy atom. The molecule has 5 atom stereocenters. The largest absolute Gasteiger partial charge is 0.197 e. The van der Waals surface area contributed by atoms with Gasteiger partial charge in [0, 0.05) is 6.42 Å². The number of hydrogen-bond donors (Lipinski definition) is 0. The van der Waals surface area contributed by atoms with E-state index in [1.165, 1.54) is 43.3 Å². The predicted molar refractivity (Wildman–Crippen MR) is 132 cm³/mol. The summed E-state index contributed by atoms with van der Waals surface area (Å²) in [5.41, 5.74) is 5.77. The molecule has 0 heterocycles. The zero-order valence-corrected chi connectivity index (χ0v) is 20.6. The zero-order chi connectivity index (χ0) is 22.8. The van der Waals surface area contributed by atoms with Crippen LogP contribution in [0, 0.1) is 57.7 Å². The zero-order valence-electron chi connectivity index (χ0n) is 20.6. The molecule has 3 rings (SSSR count). The summed E-state index contributed by atoms with van der Waals surface area (Å²) in [5.74, 6) is 8.92. The van der Waals surface area contributed by atoms with Crippen molar-refractivity contribution in [1.29, 1.82) is 5.26 Å². The van der Waals surface area contributed by atoms with Gasteiger partial charge in [-0.1, -0.05) is 69.6 Å². The smallest absolute Gasteiger partial charge is 0.112 e. The first kappa shape index (κ1) is 23.7. The third kappa shape index (κ3) is 5.09. The first-order chi connectivity index (χ1) is 14.6. The van der Waals surface area contributed by atoms with Crippen molar-refractivity contribution >= 4 is 0 Å². The average molecular weight is 416 g/mol. The highest BCUT2D eigenvalue weighted by molar-refractivity contribution is 5.39. The van der Waals surface area contributed by atoms with Gasteiger partial charge in [0.2, 0.25) is 0 Å². The van der Waals surface area contributed by atoms with E-state index in [9.17, 15) is 5.26 Å². The minimum absolute atomic E-state index is 0.262. The molecule has 0 amide bonds. The van der Waals surface area contributed by atoms with Crippen molar-refractivity contribution in [3.05, 3.63) is 47.1 Å². The topological polar surface area (TPSA) is 23.8 Å². The van der Waals surface area contributed by atoms with Gasteiger partial charge in [0.15, 0.2) is 0 Å². The second-order valence-corrected chi connectivity index (χ2v) is 11.3. The summed E-state index contributed by atoms with van der Waals surface area (Å²) < 4.78 is 0. The normalized spacial score (nSPS) is 34.5. The Bertz CT molecular complexity index is 906. The standard InChI is InChI=1S/C30H41N/c1-21-18-23(3)24(4)26(19-21)13-12-25-11-9-17-30(7)27(14-15-28(25)30)22(2)10-8-16-29(5,6)20-31/h12-14,21-23,28H,4,9-11,15,17-19H2,1-3,5-7H3/b25-12+,26-13-. The van der Waals surface area contributed by atoms with Crippen molar-refractivity contribution < 1.29 is 0 Å². The van der Waals surface area contributed by atoms with E-state index >= 15 is 0 Å². The second-order valence-electron chi connectivity index (χ2n) is 11.3. The molecule has 1 heteroatoms. The van der Waals surface area contributed by atoms with Gasteiger partial charge in [-0.25, -0.2) is 0 Å². The minimum Gasteiger partial charge on any atom is -0.197 e. The third-order valence-electron chi connectivity index (χ3n) is 8.06. The summed E-state index contributed by atoms with van der Waals surface area (Å²) in [6, 6.07) is 2.29. The van der Waals surface area contributed by atoms with Gasteiger partial charge in [-0.2, -0.15) is 5.26 Å². The van der Waals surface area contributed by atoms with Crippen molar-refractivity contribution in [1.82, 2.24) is 0 Å². The van der Waals surface area contributed by atoms with Gasteiger partial charge in [-0.3, -0.25) is 0 Å². The summed E-state index contributed by atoms with van der Waals surface area (Å²) in [7, 11) is 0. The fourth-order valence-electron chi connectivity index (χ4n) is 6.21. The minimum atomic E-state index is -0.553.